The third-order valence-corrected chi connectivity index (χ3v) is 6.46. The number of aromatic nitrogens is 2. The summed E-state index contributed by atoms with van der Waals surface area (Å²) in [6.45, 7) is 0.976. The molecule has 1 aromatic heterocycles. The molecule has 2 bridgehead atoms. The number of aromatic amines is 1. The van der Waals surface area contributed by atoms with Crippen LogP contribution < -0.4 is 38.0 Å². The zero-order valence-corrected chi connectivity index (χ0v) is 23.4. The molecule has 0 unspecified atom stereocenters. The molecule has 0 saturated heterocycles. The molecule has 0 saturated carbocycles. The highest BCUT2D eigenvalue weighted by atomic mass is 35.5. The highest BCUT2D eigenvalue weighted by molar-refractivity contribution is 6.30. The number of benzene rings is 2. The molecule has 0 aliphatic carbocycles. The summed E-state index contributed by atoms with van der Waals surface area (Å²) in [6.07, 6.45) is 5.75. The molecule has 1 aliphatic rings. The summed E-state index contributed by atoms with van der Waals surface area (Å²) >= 11 is 6.15. The van der Waals surface area contributed by atoms with Crippen molar-refractivity contribution in [2.75, 3.05) is 35.8 Å². The summed E-state index contributed by atoms with van der Waals surface area (Å²) in [5.74, 6) is 10.8. The Labute approximate surface area is 246 Å². The van der Waals surface area contributed by atoms with Gasteiger partial charge in [-0.25, -0.2) is 15.6 Å². The van der Waals surface area contributed by atoms with Crippen molar-refractivity contribution in [1.82, 2.24) is 20.6 Å². The SMILES string of the molecule is COC(=O)Nc1ccc2c(c1)NCCCNC(=O)C[C@H](NC(=O)/C=C/c1cc(Cl)ccc1N(N)/C=N\N)c1nc-2c[nH]1. The van der Waals surface area contributed by atoms with E-state index in [1.165, 1.54) is 30.6 Å². The van der Waals surface area contributed by atoms with Crippen LogP contribution in [0.1, 0.15) is 30.3 Å². The van der Waals surface area contributed by atoms with E-state index >= 15 is 0 Å². The van der Waals surface area contributed by atoms with Gasteiger partial charge in [0.1, 0.15) is 12.2 Å². The fraction of sp³-hybridized carbons (Fsp3) is 0.222. The van der Waals surface area contributed by atoms with Gasteiger partial charge in [-0.1, -0.05) is 11.6 Å². The Morgan fingerprint density at radius 3 is 2.81 bits per heavy atom. The van der Waals surface area contributed by atoms with E-state index < -0.39 is 18.0 Å². The van der Waals surface area contributed by atoms with Crippen molar-refractivity contribution in [3.8, 4) is 11.3 Å². The first-order chi connectivity index (χ1) is 20.3. The topological polar surface area (TPSA) is 205 Å². The van der Waals surface area contributed by atoms with Crippen molar-refractivity contribution in [2.45, 2.75) is 18.9 Å². The molecule has 1 aliphatic heterocycles. The summed E-state index contributed by atoms with van der Waals surface area (Å²) in [6, 6.07) is 9.48. The largest absolute Gasteiger partial charge is 0.453 e. The van der Waals surface area contributed by atoms with Crippen LogP contribution in [0.3, 0.4) is 0 Å². The van der Waals surface area contributed by atoms with Gasteiger partial charge in [-0.2, -0.15) is 5.10 Å². The van der Waals surface area contributed by atoms with Crippen molar-refractivity contribution in [2.24, 2.45) is 16.8 Å². The number of hydrogen-bond acceptors (Lipinski definition) is 9. The average molecular weight is 595 g/mol. The van der Waals surface area contributed by atoms with E-state index in [9.17, 15) is 14.4 Å². The second-order valence-corrected chi connectivity index (χ2v) is 9.59. The number of hydrogen-bond donors (Lipinski definition) is 7. The number of rotatable bonds is 6. The first-order valence-corrected chi connectivity index (χ1v) is 13.3. The smallest absolute Gasteiger partial charge is 0.411 e. The van der Waals surface area contributed by atoms with Crippen LogP contribution in [-0.2, 0) is 14.3 Å². The van der Waals surface area contributed by atoms with Crippen LogP contribution >= 0.6 is 11.6 Å². The molecule has 42 heavy (non-hydrogen) atoms. The van der Waals surface area contributed by atoms with Gasteiger partial charge in [0.05, 0.1) is 31.0 Å². The van der Waals surface area contributed by atoms with Gasteiger partial charge in [0.25, 0.3) is 0 Å². The molecular weight excluding hydrogens is 564 g/mol. The second kappa shape index (κ2) is 14.0. The Bertz CT molecular complexity index is 1510. The number of carbonyl (C=O) groups excluding carboxylic acids is 3. The van der Waals surface area contributed by atoms with Gasteiger partial charge >= 0.3 is 6.09 Å². The minimum atomic E-state index is -0.762. The highest BCUT2D eigenvalue weighted by Gasteiger charge is 2.22. The Hall–Kier alpha value is -5.08. The minimum Gasteiger partial charge on any atom is -0.453 e. The molecule has 3 aromatic rings. The van der Waals surface area contributed by atoms with E-state index in [4.69, 9.17) is 23.3 Å². The lowest BCUT2D eigenvalue weighted by molar-refractivity contribution is -0.122. The first-order valence-electron chi connectivity index (χ1n) is 12.9. The number of hydrazine groups is 1. The van der Waals surface area contributed by atoms with Gasteiger partial charge < -0.3 is 31.5 Å². The molecular formula is C27H31ClN10O4. The first kappa shape index (κ1) is 29.9. The number of fused-ring (bicyclic) bond motifs is 4. The number of nitrogens with zero attached hydrogens (tertiary/aromatic N) is 3. The maximum atomic E-state index is 13.0. The van der Waals surface area contributed by atoms with Gasteiger partial charge in [0.2, 0.25) is 11.8 Å². The van der Waals surface area contributed by atoms with Crippen LogP contribution in [0.2, 0.25) is 5.02 Å². The summed E-state index contributed by atoms with van der Waals surface area (Å²) in [5.41, 5.74) is 3.65. The molecule has 9 N–H and O–H groups in total. The molecule has 14 nitrogen and oxygen atoms in total. The fourth-order valence-corrected chi connectivity index (χ4v) is 4.42. The van der Waals surface area contributed by atoms with Gasteiger partial charge in [-0.05, 0) is 48.9 Å². The minimum absolute atomic E-state index is 0.0409. The molecule has 0 radical (unpaired) electrons. The number of imidazole rings is 1. The van der Waals surface area contributed by atoms with Crippen LogP contribution in [0.15, 0.2) is 53.8 Å². The summed E-state index contributed by atoms with van der Waals surface area (Å²) < 4.78 is 4.68. The monoisotopic (exact) mass is 594 g/mol. The predicted octanol–water partition coefficient (Wildman–Crippen LogP) is 2.68. The van der Waals surface area contributed by atoms with E-state index in [1.54, 1.807) is 36.5 Å². The van der Waals surface area contributed by atoms with Crippen LogP contribution in [-0.4, -0.2) is 54.4 Å². The number of hydrazone groups is 1. The molecule has 0 fully saturated rings. The Morgan fingerprint density at radius 2 is 2.02 bits per heavy atom. The van der Waals surface area contributed by atoms with Crippen molar-refractivity contribution in [1.29, 1.82) is 0 Å². The summed E-state index contributed by atoms with van der Waals surface area (Å²) in [4.78, 5) is 45.2. The molecule has 4 rings (SSSR count). The summed E-state index contributed by atoms with van der Waals surface area (Å²) in [7, 11) is 1.29. The van der Waals surface area contributed by atoms with Crippen LogP contribution in [0, 0.1) is 0 Å². The number of ether oxygens (including phenoxy) is 1. The lowest BCUT2D eigenvalue weighted by atomic mass is 10.1. The van der Waals surface area contributed by atoms with E-state index in [0.717, 1.165) is 11.3 Å². The number of carbonyl (C=O) groups is 3. The van der Waals surface area contributed by atoms with Gasteiger partial charge in [0, 0.05) is 52.9 Å². The van der Waals surface area contributed by atoms with Gasteiger partial charge in [0.15, 0.2) is 0 Å². The predicted molar refractivity (Wildman–Crippen MR) is 162 cm³/mol. The quantitative estimate of drug-likeness (QED) is 0.0735. The van der Waals surface area contributed by atoms with Crippen molar-refractivity contribution >= 4 is 59.0 Å². The van der Waals surface area contributed by atoms with Crippen LogP contribution in [0.5, 0.6) is 0 Å². The number of H-pyrrole nitrogens is 1. The molecule has 220 valence electrons. The van der Waals surface area contributed by atoms with Crippen LogP contribution in [0.4, 0.5) is 21.9 Å². The second-order valence-electron chi connectivity index (χ2n) is 9.15. The summed E-state index contributed by atoms with van der Waals surface area (Å²) in [5, 5.41) is 16.7. The maximum Gasteiger partial charge on any atom is 0.411 e. The zero-order valence-electron chi connectivity index (χ0n) is 22.7. The van der Waals surface area contributed by atoms with Gasteiger partial charge in [-0.15, -0.1) is 0 Å². The normalized spacial score (nSPS) is 15.4. The molecule has 2 heterocycles. The number of halogens is 1. The molecule has 15 heteroatoms. The lowest BCUT2D eigenvalue weighted by Crippen LogP contribution is -2.34. The van der Waals surface area contributed by atoms with Crippen molar-refractivity contribution in [3.63, 3.8) is 0 Å². The third kappa shape index (κ3) is 7.77. The number of nitrogens with one attached hydrogen (secondary N) is 5. The fourth-order valence-electron chi connectivity index (χ4n) is 4.24. The molecule has 2 aromatic carbocycles. The van der Waals surface area contributed by atoms with Gasteiger partial charge in [-0.3, -0.25) is 19.9 Å². The highest BCUT2D eigenvalue weighted by Crippen LogP contribution is 2.31. The number of methoxy groups -OCH3 is 1. The standard InChI is InChI=1S/C27H31ClN10O4/c1-42-27(41)35-18-5-6-19-20(12-18)31-9-2-10-32-25(40)13-21(26-33-14-22(19)37-26)36-24(39)8-3-16-11-17(28)4-7-23(16)38(30)15-34-29/h3-8,11-12,14-15,21,31H,2,9-10,13,29-30H2,1H3,(H,32,40)(H,33,37)(H,35,41)(H,36,39)/b8-3+,34-15-/t21-/m0/s1. The molecule has 0 spiro atoms. The van der Waals surface area contributed by atoms with Crippen molar-refractivity contribution < 1.29 is 19.1 Å². The Kier molecular flexibility index (Phi) is 9.97. The Balaban J connectivity index is 1.60. The van der Waals surface area contributed by atoms with Crippen LogP contribution in [0.25, 0.3) is 17.3 Å². The zero-order chi connectivity index (χ0) is 30.1. The third-order valence-electron chi connectivity index (χ3n) is 6.23. The number of anilines is 3. The number of amides is 3. The van der Waals surface area contributed by atoms with E-state index in [-0.39, 0.29) is 12.3 Å². The van der Waals surface area contributed by atoms with E-state index in [0.29, 0.717) is 53.0 Å². The average Bonchev–Trinajstić information content (AvgIpc) is 3.45. The number of nitrogens with two attached hydrogens (primary N) is 2. The lowest BCUT2D eigenvalue weighted by Gasteiger charge is -2.16. The van der Waals surface area contributed by atoms with Crippen molar-refractivity contribution in [3.05, 3.63) is 65.1 Å². The molecule has 3 amide bonds. The van der Waals surface area contributed by atoms with E-state index in [1.807, 2.05) is 6.07 Å². The van der Waals surface area contributed by atoms with E-state index in [2.05, 4.69) is 41.1 Å². The molecule has 1 atom stereocenters. The maximum absolute atomic E-state index is 13.0. The Morgan fingerprint density at radius 1 is 1.21 bits per heavy atom.